The van der Waals surface area contributed by atoms with Crippen molar-refractivity contribution in [2.75, 3.05) is 0 Å². The maximum atomic E-state index is 4.15. The van der Waals surface area contributed by atoms with Gasteiger partial charge in [0.2, 0.25) is 0 Å². The lowest BCUT2D eigenvalue weighted by Gasteiger charge is -1.81. The molecule has 1 aliphatic heterocycles. The fourth-order valence-electron chi connectivity index (χ4n) is 0.139. The van der Waals surface area contributed by atoms with Crippen LogP contribution in [0.1, 0.15) is 0 Å². The molecule has 1 heterocycles. The summed E-state index contributed by atoms with van der Waals surface area (Å²) in [5.41, 5.74) is 2.32. The molecule has 0 radical (unpaired) electrons. The predicted octanol–water partition coefficient (Wildman–Crippen LogP) is 0.346. The average Bonchev–Trinajstić information content (AvgIpc) is 1.76. The highest BCUT2D eigenvalue weighted by atomic mass is 35.5. The van der Waals surface area contributed by atoms with Crippen LogP contribution in [0.25, 0.3) is 0 Å². The van der Waals surface area contributed by atoms with Crippen LogP contribution in [0.3, 0.4) is 0 Å². The fraction of sp³-hybridized carbons (Fsp3) is 0. The van der Waals surface area contributed by atoms with Crippen molar-refractivity contribution < 1.29 is 9.88 Å². The zero-order chi connectivity index (χ0) is 3.54. The maximum absolute atomic E-state index is 4.15. The van der Waals surface area contributed by atoms with Crippen LogP contribution < -0.4 is 5.48 Å². The molecule has 1 rings (SSSR count). The van der Waals surface area contributed by atoms with Gasteiger partial charge in [0, 0.05) is 0 Å². The predicted molar refractivity (Wildman–Crippen MR) is 21.7 cm³/mol. The third-order valence-electron chi connectivity index (χ3n) is 0.288. The summed E-state index contributed by atoms with van der Waals surface area (Å²) in [6.07, 6.45) is 2.94. The smallest absolute Gasteiger partial charge is 0.150 e. The van der Waals surface area contributed by atoms with Crippen LogP contribution in [0.4, 0.5) is 0 Å². The Labute approximate surface area is 41.2 Å². The Morgan fingerprint density at radius 1 is 1.50 bits per heavy atom. The summed E-state index contributed by atoms with van der Waals surface area (Å²) in [6.45, 7) is 0. The van der Waals surface area contributed by atoms with E-state index in [0.717, 1.165) is 0 Å². The Hall–Kier alpha value is -0.410. The molecule has 0 unspecified atom stereocenters. The van der Waals surface area contributed by atoms with E-state index in [1.54, 1.807) is 6.20 Å². The summed E-state index contributed by atoms with van der Waals surface area (Å²) in [6, 6.07) is 0. The van der Waals surface area contributed by atoms with Crippen LogP contribution in [0.2, 0.25) is 0 Å². The number of rotatable bonds is 0. The highest BCUT2D eigenvalue weighted by Gasteiger charge is 1.81. The molecule has 0 fully saturated rings. The molecule has 0 spiro atoms. The second kappa shape index (κ2) is 2.81. The topological polar surface area (TPSA) is 30.5 Å². The molecule has 0 aromatic heterocycles. The SMILES string of the molecule is C1=COON1.Cl. The molecule has 0 amide bonds. The first-order chi connectivity index (χ1) is 2.50. The molecule has 0 aromatic rings. The lowest BCUT2D eigenvalue weighted by atomic mass is 11.0. The van der Waals surface area contributed by atoms with E-state index in [4.69, 9.17) is 0 Å². The van der Waals surface area contributed by atoms with Crippen LogP contribution >= 0.6 is 12.4 Å². The minimum atomic E-state index is 0. The van der Waals surface area contributed by atoms with Gasteiger partial charge < -0.3 is 4.89 Å². The Balaban J connectivity index is 0.000000250. The largest absolute Gasteiger partial charge is 0.321 e. The third kappa shape index (κ3) is 1.14. The Bertz CT molecular complexity index is 49.5. The molecule has 0 saturated carbocycles. The van der Waals surface area contributed by atoms with Gasteiger partial charge in [-0.2, -0.15) is 0 Å². The lowest BCUT2D eigenvalue weighted by Crippen LogP contribution is -1.94. The van der Waals surface area contributed by atoms with Crippen molar-refractivity contribution in [1.29, 1.82) is 0 Å². The van der Waals surface area contributed by atoms with Crippen molar-refractivity contribution in [3.8, 4) is 0 Å². The first-order valence-corrected chi connectivity index (χ1v) is 1.23. The van der Waals surface area contributed by atoms with Crippen molar-refractivity contribution in [2.24, 2.45) is 0 Å². The summed E-state index contributed by atoms with van der Waals surface area (Å²) in [5, 5.41) is 0. The highest BCUT2D eigenvalue weighted by molar-refractivity contribution is 5.85. The van der Waals surface area contributed by atoms with Crippen LogP contribution in [0, 0.1) is 0 Å². The number of nitrogens with one attached hydrogen (secondary N) is 1. The molecule has 0 aliphatic carbocycles. The molecule has 36 valence electrons. The van der Waals surface area contributed by atoms with E-state index in [9.17, 15) is 0 Å². The van der Waals surface area contributed by atoms with E-state index >= 15 is 0 Å². The molecule has 0 aromatic carbocycles. The summed E-state index contributed by atoms with van der Waals surface area (Å²) in [7, 11) is 0. The van der Waals surface area contributed by atoms with Crippen molar-refractivity contribution in [2.45, 2.75) is 0 Å². The third-order valence-corrected chi connectivity index (χ3v) is 0.288. The van der Waals surface area contributed by atoms with E-state index in [1.807, 2.05) is 0 Å². The standard InChI is InChI=1S/C2H3NO2.ClH/c1-2-4-5-3-1;/h1-3H;1H. The Morgan fingerprint density at radius 3 is 2.50 bits per heavy atom. The summed E-state index contributed by atoms with van der Waals surface area (Å²) < 4.78 is 0. The molecule has 0 atom stereocenters. The molecular formula is C2H4ClNO2. The summed E-state index contributed by atoms with van der Waals surface area (Å²) in [4.78, 5) is 8.24. The zero-order valence-corrected chi connectivity index (χ0v) is 3.70. The monoisotopic (exact) mass is 109 g/mol. The lowest BCUT2D eigenvalue weighted by molar-refractivity contribution is -0.264. The molecule has 4 heteroatoms. The number of halogens is 1. The molecule has 1 aliphatic rings. The summed E-state index contributed by atoms with van der Waals surface area (Å²) in [5.74, 6) is 0. The van der Waals surface area contributed by atoms with Gasteiger partial charge in [-0.3, -0.25) is 0 Å². The van der Waals surface area contributed by atoms with Gasteiger partial charge in [0.1, 0.15) is 6.26 Å². The van der Waals surface area contributed by atoms with Gasteiger partial charge in [0.15, 0.2) is 0 Å². The Morgan fingerprint density at radius 2 is 2.33 bits per heavy atom. The van der Waals surface area contributed by atoms with Crippen molar-refractivity contribution in [1.82, 2.24) is 5.48 Å². The molecule has 0 bridgehead atoms. The second-order valence-corrected chi connectivity index (χ2v) is 0.600. The minimum Gasteiger partial charge on any atom is -0.321 e. The number of hydrogen-bond acceptors (Lipinski definition) is 3. The minimum absolute atomic E-state index is 0. The summed E-state index contributed by atoms with van der Waals surface area (Å²) >= 11 is 0. The fourth-order valence-corrected chi connectivity index (χ4v) is 0.139. The van der Waals surface area contributed by atoms with Gasteiger partial charge in [-0.05, 0) is 0 Å². The van der Waals surface area contributed by atoms with Gasteiger partial charge in [0.25, 0.3) is 0 Å². The molecule has 6 heavy (non-hydrogen) atoms. The first-order valence-electron chi connectivity index (χ1n) is 1.23. The van der Waals surface area contributed by atoms with Gasteiger partial charge >= 0.3 is 0 Å². The molecule has 0 saturated heterocycles. The average molecular weight is 110 g/mol. The highest BCUT2D eigenvalue weighted by Crippen LogP contribution is 1.80. The van der Waals surface area contributed by atoms with Crippen LogP contribution in [0.15, 0.2) is 12.5 Å². The molecule has 1 N–H and O–H groups in total. The van der Waals surface area contributed by atoms with Crippen molar-refractivity contribution in [3.05, 3.63) is 12.5 Å². The van der Waals surface area contributed by atoms with Gasteiger partial charge in [-0.1, -0.05) is 4.99 Å². The maximum Gasteiger partial charge on any atom is 0.150 e. The van der Waals surface area contributed by atoms with E-state index in [2.05, 4.69) is 15.4 Å². The molecule has 3 nitrogen and oxygen atoms in total. The first kappa shape index (κ1) is 5.59. The van der Waals surface area contributed by atoms with E-state index < -0.39 is 0 Å². The van der Waals surface area contributed by atoms with Gasteiger partial charge in [-0.15, -0.1) is 12.4 Å². The van der Waals surface area contributed by atoms with Gasteiger partial charge in [-0.25, -0.2) is 5.48 Å². The number of hydrogen-bond donors (Lipinski definition) is 1. The normalized spacial score (nSPS) is 14.7. The molecular weight excluding hydrogens is 105 g/mol. The van der Waals surface area contributed by atoms with Crippen LogP contribution in [-0.4, -0.2) is 0 Å². The van der Waals surface area contributed by atoms with Crippen LogP contribution in [-0.2, 0) is 9.88 Å². The van der Waals surface area contributed by atoms with Crippen molar-refractivity contribution >= 4 is 12.4 Å². The number of hydroxylamine groups is 1. The van der Waals surface area contributed by atoms with Gasteiger partial charge in [0.05, 0.1) is 6.20 Å². The van der Waals surface area contributed by atoms with E-state index in [-0.39, 0.29) is 12.4 Å². The van der Waals surface area contributed by atoms with E-state index in [1.165, 1.54) is 6.26 Å². The second-order valence-electron chi connectivity index (χ2n) is 0.600. The van der Waals surface area contributed by atoms with E-state index in [0.29, 0.717) is 0 Å². The Kier molecular flexibility index (Phi) is 2.62. The quantitative estimate of drug-likeness (QED) is 0.455. The van der Waals surface area contributed by atoms with Crippen molar-refractivity contribution in [3.63, 3.8) is 0 Å². The zero-order valence-electron chi connectivity index (χ0n) is 2.88. The van der Waals surface area contributed by atoms with Crippen LogP contribution in [0.5, 0.6) is 0 Å².